The first kappa shape index (κ1) is 19.5. The number of hydrogen-bond acceptors (Lipinski definition) is 5. The number of halogens is 1. The number of aldehydes is 1. The quantitative estimate of drug-likeness (QED) is 0.747. The maximum Gasteiger partial charge on any atom is 0.410 e. The molecule has 6 nitrogen and oxygen atoms in total. The van der Waals surface area contributed by atoms with Crippen molar-refractivity contribution < 1.29 is 19.1 Å². The molecule has 25 heavy (non-hydrogen) atoms. The second-order valence-corrected chi connectivity index (χ2v) is 7.37. The summed E-state index contributed by atoms with van der Waals surface area (Å²) in [4.78, 5) is 26.7. The first-order chi connectivity index (χ1) is 11.8. The maximum atomic E-state index is 12.0. The summed E-state index contributed by atoms with van der Waals surface area (Å²) in [6.45, 7) is 9.74. The van der Waals surface area contributed by atoms with Gasteiger partial charge < -0.3 is 14.4 Å². The van der Waals surface area contributed by atoms with Gasteiger partial charge in [0.2, 0.25) is 0 Å². The second-order valence-electron chi connectivity index (χ2n) is 6.96. The van der Waals surface area contributed by atoms with Crippen LogP contribution in [-0.2, 0) is 4.74 Å². The minimum Gasteiger partial charge on any atom is -0.492 e. The van der Waals surface area contributed by atoms with Gasteiger partial charge in [-0.2, -0.15) is 0 Å². The lowest BCUT2D eigenvalue weighted by Gasteiger charge is -2.35. The molecule has 0 aliphatic carbocycles. The van der Waals surface area contributed by atoms with Gasteiger partial charge in [0.25, 0.3) is 0 Å². The molecule has 1 heterocycles. The number of nitrogens with zero attached hydrogens (tertiary/aromatic N) is 2. The van der Waals surface area contributed by atoms with E-state index in [1.165, 1.54) is 0 Å². The molecule has 1 aliphatic rings. The van der Waals surface area contributed by atoms with Crippen molar-refractivity contribution in [1.29, 1.82) is 0 Å². The van der Waals surface area contributed by atoms with Gasteiger partial charge in [0.15, 0.2) is 6.29 Å². The van der Waals surface area contributed by atoms with Crippen LogP contribution in [0.25, 0.3) is 0 Å². The molecule has 0 bridgehead atoms. The molecule has 0 aromatic heterocycles. The summed E-state index contributed by atoms with van der Waals surface area (Å²) in [7, 11) is 0. The number of carbonyl (C=O) groups is 2. The third kappa shape index (κ3) is 6.21. The third-order valence-corrected chi connectivity index (χ3v) is 4.13. The molecule has 1 fully saturated rings. The molecule has 0 spiro atoms. The molecule has 0 radical (unpaired) electrons. The van der Waals surface area contributed by atoms with Crippen molar-refractivity contribution in [3.63, 3.8) is 0 Å². The van der Waals surface area contributed by atoms with Crippen LogP contribution in [0.4, 0.5) is 4.79 Å². The van der Waals surface area contributed by atoms with E-state index < -0.39 is 5.60 Å². The summed E-state index contributed by atoms with van der Waals surface area (Å²) in [5.41, 5.74) is -0.0183. The van der Waals surface area contributed by atoms with Gasteiger partial charge in [-0.15, -0.1) is 0 Å². The predicted molar refractivity (Wildman–Crippen MR) is 96.6 cm³/mol. The van der Waals surface area contributed by atoms with Gasteiger partial charge in [-0.05, 0) is 39.0 Å². The molecule has 0 atom stereocenters. The monoisotopic (exact) mass is 368 g/mol. The predicted octanol–water partition coefficient (Wildman–Crippen LogP) is 3.08. The highest BCUT2D eigenvalue weighted by Gasteiger charge is 2.25. The van der Waals surface area contributed by atoms with Gasteiger partial charge in [0, 0.05) is 38.3 Å². The molecule has 1 saturated heterocycles. The molecule has 2 rings (SSSR count). The van der Waals surface area contributed by atoms with E-state index in [4.69, 9.17) is 21.1 Å². The zero-order valence-corrected chi connectivity index (χ0v) is 15.7. The Morgan fingerprint density at radius 1 is 1.24 bits per heavy atom. The second kappa shape index (κ2) is 8.54. The number of hydrogen-bond donors (Lipinski definition) is 0. The number of ether oxygens (including phenoxy) is 2. The smallest absolute Gasteiger partial charge is 0.410 e. The van der Waals surface area contributed by atoms with Gasteiger partial charge in [0.1, 0.15) is 18.0 Å². The fraction of sp³-hybridized carbons (Fsp3) is 0.556. The molecule has 1 aromatic carbocycles. The van der Waals surface area contributed by atoms with Crippen molar-refractivity contribution in [1.82, 2.24) is 9.80 Å². The van der Waals surface area contributed by atoms with E-state index in [0.29, 0.717) is 36.0 Å². The summed E-state index contributed by atoms with van der Waals surface area (Å²) in [6, 6.07) is 5.02. The minimum absolute atomic E-state index is 0.256. The first-order valence-electron chi connectivity index (χ1n) is 8.36. The summed E-state index contributed by atoms with van der Waals surface area (Å²) in [5, 5.41) is 0.387. The standard InChI is InChI=1S/C18H25ClN2O4/c1-18(2,3)25-17(23)21-8-6-20(7-9-21)10-11-24-15-5-4-14(13-22)16(19)12-15/h4-5,12-13H,6-11H2,1-3H3. The topological polar surface area (TPSA) is 59.1 Å². The SMILES string of the molecule is CC(C)(C)OC(=O)N1CCN(CCOc2ccc(C=O)c(Cl)c2)CC1. The van der Waals surface area contributed by atoms with Gasteiger partial charge in [-0.3, -0.25) is 9.69 Å². The van der Waals surface area contributed by atoms with Crippen molar-refractivity contribution >= 4 is 24.0 Å². The largest absolute Gasteiger partial charge is 0.492 e. The van der Waals surface area contributed by atoms with Crippen LogP contribution >= 0.6 is 11.6 Å². The van der Waals surface area contributed by atoms with Gasteiger partial charge in [-0.1, -0.05) is 11.6 Å². The third-order valence-electron chi connectivity index (χ3n) is 3.80. The molecule has 1 amide bonds. The number of amides is 1. The van der Waals surface area contributed by atoms with E-state index in [1.807, 2.05) is 20.8 Å². The highest BCUT2D eigenvalue weighted by molar-refractivity contribution is 6.33. The Bertz CT molecular complexity index is 608. The van der Waals surface area contributed by atoms with E-state index in [9.17, 15) is 9.59 Å². The first-order valence-corrected chi connectivity index (χ1v) is 8.74. The van der Waals surface area contributed by atoms with Crippen molar-refractivity contribution in [2.24, 2.45) is 0 Å². The number of piperazine rings is 1. The van der Waals surface area contributed by atoms with Crippen molar-refractivity contribution in [3.8, 4) is 5.75 Å². The van der Waals surface area contributed by atoms with E-state index in [2.05, 4.69) is 4.90 Å². The van der Waals surface area contributed by atoms with Gasteiger partial charge in [0.05, 0.1) is 5.02 Å². The molecule has 0 N–H and O–H groups in total. The summed E-state index contributed by atoms with van der Waals surface area (Å²) >= 11 is 5.98. The molecule has 0 saturated carbocycles. The highest BCUT2D eigenvalue weighted by Crippen LogP contribution is 2.21. The molecular weight excluding hydrogens is 344 g/mol. The Hall–Kier alpha value is -1.79. The lowest BCUT2D eigenvalue weighted by Crippen LogP contribution is -2.50. The van der Waals surface area contributed by atoms with E-state index >= 15 is 0 Å². The highest BCUT2D eigenvalue weighted by atomic mass is 35.5. The van der Waals surface area contributed by atoms with Crippen LogP contribution in [0.1, 0.15) is 31.1 Å². The Labute approximate surface area is 153 Å². The van der Waals surface area contributed by atoms with Crippen LogP contribution in [0.5, 0.6) is 5.75 Å². The molecule has 1 aromatic rings. The van der Waals surface area contributed by atoms with Crippen molar-refractivity contribution in [2.45, 2.75) is 26.4 Å². The van der Waals surface area contributed by atoms with Crippen LogP contribution < -0.4 is 4.74 Å². The minimum atomic E-state index is -0.470. The summed E-state index contributed by atoms with van der Waals surface area (Å²) < 4.78 is 11.1. The molecule has 0 unspecified atom stereocenters. The number of rotatable bonds is 5. The number of benzene rings is 1. The van der Waals surface area contributed by atoms with Crippen LogP contribution in [0.3, 0.4) is 0 Å². The van der Waals surface area contributed by atoms with Crippen LogP contribution in [0.2, 0.25) is 5.02 Å². The van der Waals surface area contributed by atoms with E-state index in [1.54, 1.807) is 23.1 Å². The average Bonchev–Trinajstić information content (AvgIpc) is 2.54. The lowest BCUT2D eigenvalue weighted by atomic mass is 10.2. The fourth-order valence-corrected chi connectivity index (χ4v) is 2.68. The van der Waals surface area contributed by atoms with Crippen LogP contribution in [-0.4, -0.2) is 67.1 Å². The Morgan fingerprint density at radius 3 is 2.48 bits per heavy atom. The molecule has 1 aliphatic heterocycles. The van der Waals surface area contributed by atoms with E-state index in [-0.39, 0.29) is 6.09 Å². The van der Waals surface area contributed by atoms with Gasteiger partial charge >= 0.3 is 6.09 Å². The summed E-state index contributed by atoms with van der Waals surface area (Å²) in [6.07, 6.45) is 0.462. The summed E-state index contributed by atoms with van der Waals surface area (Å²) in [5.74, 6) is 0.642. The number of carbonyl (C=O) groups excluding carboxylic acids is 2. The molecule has 7 heteroatoms. The van der Waals surface area contributed by atoms with Gasteiger partial charge in [-0.25, -0.2) is 4.79 Å². The average molecular weight is 369 g/mol. The molecular formula is C18H25ClN2O4. The van der Waals surface area contributed by atoms with E-state index in [0.717, 1.165) is 25.9 Å². The Kier molecular flexibility index (Phi) is 6.67. The normalized spacial score (nSPS) is 15.8. The Morgan fingerprint density at radius 2 is 1.92 bits per heavy atom. The van der Waals surface area contributed by atoms with Crippen molar-refractivity contribution in [2.75, 3.05) is 39.3 Å². The zero-order chi connectivity index (χ0) is 18.4. The zero-order valence-electron chi connectivity index (χ0n) is 15.0. The Balaban J connectivity index is 1.71. The fourth-order valence-electron chi connectivity index (χ4n) is 2.47. The van der Waals surface area contributed by atoms with Crippen molar-refractivity contribution in [3.05, 3.63) is 28.8 Å². The van der Waals surface area contributed by atoms with Crippen LogP contribution in [0, 0.1) is 0 Å². The maximum absolute atomic E-state index is 12.0. The van der Waals surface area contributed by atoms with Crippen LogP contribution in [0.15, 0.2) is 18.2 Å². The lowest BCUT2D eigenvalue weighted by molar-refractivity contribution is 0.0137. The molecule has 138 valence electrons.